The summed E-state index contributed by atoms with van der Waals surface area (Å²) in [5.41, 5.74) is 9.82. The molecule has 0 aliphatic rings. The Morgan fingerprint density at radius 2 is 0.873 bits per heavy atom. The number of nitrogens with zero attached hydrogens (tertiary/aromatic N) is 5. The van der Waals surface area contributed by atoms with Gasteiger partial charge in [0.2, 0.25) is 5.95 Å². The molecule has 0 fully saturated rings. The zero-order valence-corrected chi connectivity index (χ0v) is 30.4. The number of hydrogen-bond acceptors (Lipinski definition) is 4. The summed E-state index contributed by atoms with van der Waals surface area (Å²) in [6.07, 6.45) is 0. The average molecular weight is 722 g/mol. The summed E-state index contributed by atoms with van der Waals surface area (Å²) in [6, 6.07) is 66.0. The number of rotatable bonds is 6. The van der Waals surface area contributed by atoms with E-state index in [-0.39, 0.29) is 0 Å². The molecule has 7 aromatic carbocycles. The van der Waals surface area contributed by atoms with Crippen molar-refractivity contribution in [3.63, 3.8) is 0 Å². The molecule has 6 heteroatoms. The number of hydrogen-bond donors (Lipinski definition) is 0. The van der Waals surface area contributed by atoms with Crippen molar-refractivity contribution in [1.82, 2.24) is 24.1 Å². The highest BCUT2D eigenvalue weighted by atomic mass is 32.1. The third kappa shape index (κ3) is 5.11. The van der Waals surface area contributed by atoms with Crippen LogP contribution >= 0.6 is 11.3 Å². The van der Waals surface area contributed by atoms with E-state index in [2.05, 4.69) is 161 Å². The van der Waals surface area contributed by atoms with Gasteiger partial charge in [0.25, 0.3) is 0 Å². The molecule has 0 saturated heterocycles. The van der Waals surface area contributed by atoms with E-state index < -0.39 is 0 Å². The molecule has 4 heterocycles. The number of fused-ring (bicyclic) bond motifs is 6. The molecule has 0 aliphatic heterocycles. The first-order chi connectivity index (χ1) is 27.3. The third-order valence-corrected chi connectivity index (χ3v) is 11.7. The van der Waals surface area contributed by atoms with Crippen LogP contribution in [-0.2, 0) is 0 Å². The molecule has 258 valence electrons. The minimum atomic E-state index is 0.579. The molecule has 55 heavy (non-hydrogen) atoms. The predicted molar refractivity (Wildman–Crippen MR) is 228 cm³/mol. The highest BCUT2D eigenvalue weighted by Gasteiger charge is 2.25. The maximum Gasteiger partial charge on any atom is 0.238 e. The van der Waals surface area contributed by atoms with Crippen LogP contribution in [0.25, 0.3) is 98.9 Å². The van der Waals surface area contributed by atoms with Crippen molar-refractivity contribution in [1.29, 1.82) is 0 Å². The summed E-state index contributed by atoms with van der Waals surface area (Å²) < 4.78 is 4.65. The van der Waals surface area contributed by atoms with E-state index in [0.29, 0.717) is 17.6 Å². The summed E-state index contributed by atoms with van der Waals surface area (Å²) in [5.74, 6) is 1.84. The Morgan fingerprint density at radius 1 is 0.364 bits per heavy atom. The molecule has 0 saturated carbocycles. The molecule has 11 aromatic rings. The van der Waals surface area contributed by atoms with E-state index in [1.807, 2.05) is 47.7 Å². The molecular weight excluding hydrogens is 691 g/mol. The Kier molecular flexibility index (Phi) is 7.28. The van der Waals surface area contributed by atoms with Crippen molar-refractivity contribution in [3.05, 3.63) is 188 Å². The van der Waals surface area contributed by atoms with Gasteiger partial charge in [-0.25, -0.2) is 4.98 Å². The average Bonchev–Trinajstić information content (AvgIpc) is 3.92. The van der Waals surface area contributed by atoms with Crippen molar-refractivity contribution in [2.75, 3.05) is 0 Å². The molecule has 0 amide bonds. The Balaban J connectivity index is 1.22. The van der Waals surface area contributed by atoms with E-state index in [0.717, 1.165) is 44.2 Å². The van der Waals surface area contributed by atoms with Crippen LogP contribution in [0.2, 0.25) is 0 Å². The van der Waals surface area contributed by atoms with E-state index in [1.165, 1.54) is 37.1 Å². The fourth-order valence-electron chi connectivity index (χ4n) is 7.94. The summed E-state index contributed by atoms with van der Waals surface area (Å²) in [5, 5.41) is 4.79. The summed E-state index contributed by atoms with van der Waals surface area (Å²) >= 11 is 1.85. The molecule has 0 unspecified atom stereocenters. The van der Waals surface area contributed by atoms with Crippen LogP contribution in [-0.4, -0.2) is 24.1 Å². The molecule has 0 bridgehead atoms. The van der Waals surface area contributed by atoms with Crippen molar-refractivity contribution in [2.45, 2.75) is 0 Å². The Morgan fingerprint density at radius 3 is 1.51 bits per heavy atom. The molecule has 4 aromatic heterocycles. The van der Waals surface area contributed by atoms with Crippen LogP contribution in [0.1, 0.15) is 0 Å². The summed E-state index contributed by atoms with van der Waals surface area (Å²) in [6.45, 7) is 0. The molecule has 0 aliphatic carbocycles. The number of aromatic nitrogens is 5. The van der Waals surface area contributed by atoms with Gasteiger partial charge in [-0.3, -0.25) is 4.57 Å². The van der Waals surface area contributed by atoms with Gasteiger partial charge in [0, 0.05) is 43.2 Å². The largest absolute Gasteiger partial charge is 0.308 e. The second kappa shape index (κ2) is 12.8. The maximum atomic E-state index is 5.19. The monoisotopic (exact) mass is 721 g/mol. The van der Waals surface area contributed by atoms with Crippen LogP contribution in [0, 0.1) is 0 Å². The van der Waals surface area contributed by atoms with Gasteiger partial charge >= 0.3 is 0 Å². The van der Waals surface area contributed by atoms with Gasteiger partial charge in [-0.1, -0.05) is 158 Å². The second-order valence-corrected chi connectivity index (χ2v) is 14.7. The first kappa shape index (κ1) is 31.4. The molecule has 0 radical (unpaired) electrons. The van der Waals surface area contributed by atoms with Crippen LogP contribution in [0.5, 0.6) is 0 Å². The van der Waals surface area contributed by atoms with Crippen molar-refractivity contribution < 1.29 is 0 Å². The lowest BCUT2D eigenvalue weighted by molar-refractivity contribution is 0.953. The number of benzene rings is 7. The van der Waals surface area contributed by atoms with Crippen molar-refractivity contribution in [2.24, 2.45) is 0 Å². The fraction of sp³-hybridized carbons (Fsp3) is 0. The molecule has 0 atom stereocenters. The fourth-order valence-corrected chi connectivity index (χ4v) is 9.25. The van der Waals surface area contributed by atoms with E-state index in [1.54, 1.807) is 0 Å². The normalized spacial score (nSPS) is 11.6. The van der Waals surface area contributed by atoms with Crippen LogP contribution in [0.15, 0.2) is 188 Å². The molecule has 0 N–H and O–H groups in total. The van der Waals surface area contributed by atoms with Gasteiger partial charge in [0.15, 0.2) is 11.6 Å². The SMILES string of the molecule is c1ccc(-c2nc(-c3ccccc3)nc(-n3c4ccccc4c4ccc(-c5sc(-c6ccccc6)c6c7ccccc7n(-c7ccccc7)c56)cc43)n2)cc1. The quantitative estimate of drug-likeness (QED) is 0.172. The van der Waals surface area contributed by atoms with Crippen LogP contribution < -0.4 is 0 Å². The van der Waals surface area contributed by atoms with Crippen LogP contribution in [0.4, 0.5) is 0 Å². The van der Waals surface area contributed by atoms with Gasteiger partial charge < -0.3 is 4.57 Å². The van der Waals surface area contributed by atoms with Gasteiger partial charge in [0.05, 0.1) is 26.9 Å². The molecule has 5 nitrogen and oxygen atoms in total. The lowest BCUT2D eigenvalue weighted by atomic mass is 10.1. The van der Waals surface area contributed by atoms with Gasteiger partial charge in [-0.2, -0.15) is 9.97 Å². The van der Waals surface area contributed by atoms with Gasteiger partial charge in [-0.15, -0.1) is 11.3 Å². The highest BCUT2D eigenvalue weighted by molar-refractivity contribution is 7.21. The lowest BCUT2D eigenvalue weighted by Gasteiger charge is -2.12. The first-order valence-corrected chi connectivity index (χ1v) is 19.2. The smallest absolute Gasteiger partial charge is 0.238 e. The van der Waals surface area contributed by atoms with Gasteiger partial charge in [-0.05, 0) is 41.5 Å². The topological polar surface area (TPSA) is 48.5 Å². The van der Waals surface area contributed by atoms with E-state index in [9.17, 15) is 0 Å². The van der Waals surface area contributed by atoms with E-state index >= 15 is 0 Å². The Bertz CT molecular complexity index is 3120. The van der Waals surface area contributed by atoms with Crippen molar-refractivity contribution in [3.8, 4) is 55.3 Å². The van der Waals surface area contributed by atoms with E-state index in [4.69, 9.17) is 15.0 Å². The molecule has 0 spiro atoms. The highest BCUT2D eigenvalue weighted by Crippen LogP contribution is 2.50. The maximum absolute atomic E-state index is 5.19. The molecule has 11 rings (SSSR count). The lowest BCUT2D eigenvalue weighted by Crippen LogP contribution is -2.06. The first-order valence-electron chi connectivity index (χ1n) is 18.4. The number of para-hydroxylation sites is 3. The Labute approximate surface area is 321 Å². The summed E-state index contributed by atoms with van der Waals surface area (Å²) in [7, 11) is 0. The Hall–Kier alpha value is -7.15. The van der Waals surface area contributed by atoms with Crippen molar-refractivity contribution >= 4 is 54.9 Å². The minimum absolute atomic E-state index is 0.579. The van der Waals surface area contributed by atoms with Crippen LogP contribution in [0.3, 0.4) is 0 Å². The third-order valence-electron chi connectivity index (χ3n) is 10.4. The number of thiophene rings is 1. The zero-order valence-electron chi connectivity index (χ0n) is 29.5. The standard InChI is InChI=1S/C49H31N5S/c1-5-17-32(18-6-1)45-43-39-26-14-16-28-41(39)53(36-23-11-4-12-24-36)44(43)46(55-45)35-29-30-38-37-25-13-15-27-40(37)54(42(38)31-35)49-51-47(33-19-7-2-8-20-33)50-48(52-49)34-21-9-3-10-22-34/h1-31H. The predicted octanol–water partition coefficient (Wildman–Crippen LogP) is 12.8. The molecular formula is C49H31N5S. The zero-order chi connectivity index (χ0) is 36.3. The minimum Gasteiger partial charge on any atom is -0.308 e. The second-order valence-electron chi connectivity index (χ2n) is 13.6. The van der Waals surface area contributed by atoms with Gasteiger partial charge in [0.1, 0.15) is 0 Å². The summed E-state index contributed by atoms with van der Waals surface area (Å²) in [4.78, 5) is 17.8.